The molecule has 0 aromatic carbocycles. The van der Waals surface area contributed by atoms with Gasteiger partial charge in [-0.1, -0.05) is 14.5 Å². The van der Waals surface area contributed by atoms with E-state index in [-0.39, 0.29) is 5.41 Å². The third-order valence-corrected chi connectivity index (χ3v) is 3.18. The van der Waals surface area contributed by atoms with Crippen molar-refractivity contribution in [3.8, 4) is 0 Å². The average Bonchev–Trinajstić information content (AvgIpc) is 2.28. The van der Waals surface area contributed by atoms with Crippen molar-refractivity contribution in [3.05, 3.63) is 0 Å². The van der Waals surface area contributed by atoms with E-state index in [9.17, 15) is 0 Å². The van der Waals surface area contributed by atoms with Crippen molar-refractivity contribution >= 4 is 15.1 Å². The van der Waals surface area contributed by atoms with Gasteiger partial charge in [-0.15, -0.1) is 0 Å². The largest absolute Gasteiger partial charge is 0.399 e. The predicted octanol–water partition coefficient (Wildman–Crippen LogP) is 0.0263. The maximum atomic E-state index is 4.88. The van der Waals surface area contributed by atoms with E-state index in [1.165, 1.54) is 5.71 Å². The first-order chi connectivity index (χ1) is 6.16. The molecule has 0 amide bonds. The monoisotopic (exact) mass is 201 g/mol. The first-order valence-corrected chi connectivity index (χ1v) is 4.97. The lowest BCUT2D eigenvalue weighted by atomic mass is 9.79. The van der Waals surface area contributed by atoms with Crippen LogP contribution >= 0.6 is 9.39 Å². The van der Waals surface area contributed by atoms with Gasteiger partial charge in [-0.25, -0.2) is 0 Å². The Morgan fingerprint density at radius 3 is 2.69 bits per heavy atom. The van der Waals surface area contributed by atoms with Gasteiger partial charge in [0.05, 0.1) is 11.1 Å². The third kappa shape index (κ3) is 1.47. The number of rotatable bonds is 1. The SMILES string of the molecule is CO/N=C1\CN(C)CC12CN(P)C2. The summed E-state index contributed by atoms with van der Waals surface area (Å²) in [4.78, 5) is 7.18. The van der Waals surface area contributed by atoms with Crippen LogP contribution in [0.1, 0.15) is 0 Å². The fraction of sp³-hybridized carbons (Fsp3) is 0.875. The Morgan fingerprint density at radius 2 is 2.15 bits per heavy atom. The number of likely N-dealkylation sites (tertiary alicyclic amines) is 1. The normalized spacial score (nSPS) is 31.2. The molecule has 13 heavy (non-hydrogen) atoms. The molecule has 4 nitrogen and oxygen atoms in total. The molecule has 0 aliphatic carbocycles. The summed E-state index contributed by atoms with van der Waals surface area (Å²) in [5.74, 6) is 0. The number of nitrogens with zero attached hydrogens (tertiary/aromatic N) is 3. The zero-order valence-corrected chi connectivity index (χ0v) is 9.31. The highest BCUT2D eigenvalue weighted by molar-refractivity contribution is 7.13. The lowest BCUT2D eigenvalue weighted by molar-refractivity contribution is 0.134. The van der Waals surface area contributed by atoms with Crippen molar-refractivity contribution in [3.63, 3.8) is 0 Å². The molecule has 1 unspecified atom stereocenters. The fourth-order valence-electron chi connectivity index (χ4n) is 2.34. The minimum absolute atomic E-state index is 0.284. The summed E-state index contributed by atoms with van der Waals surface area (Å²) < 4.78 is 2.24. The van der Waals surface area contributed by atoms with Gasteiger partial charge < -0.3 is 4.84 Å². The minimum atomic E-state index is 0.284. The Labute approximate surface area is 81.2 Å². The molecule has 2 heterocycles. The van der Waals surface area contributed by atoms with E-state index in [0.29, 0.717) is 0 Å². The topological polar surface area (TPSA) is 28.1 Å². The molecule has 2 aliphatic heterocycles. The van der Waals surface area contributed by atoms with Crippen molar-refractivity contribution in [2.24, 2.45) is 10.6 Å². The quantitative estimate of drug-likeness (QED) is 0.442. The van der Waals surface area contributed by atoms with Gasteiger partial charge in [-0.2, -0.15) is 0 Å². The summed E-state index contributed by atoms with van der Waals surface area (Å²) in [6, 6.07) is 0. The number of hydrogen-bond donors (Lipinski definition) is 0. The summed E-state index contributed by atoms with van der Waals surface area (Å²) in [5.41, 5.74) is 1.49. The van der Waals surface area contributed by atoms with Crippen LogP contribution in [0.2, 0.25) is 0 Å². The second-order valence-corrected chi connectivity index (χ2v) is 4.81. The summed E-state index contributed by atoms with van der Waals surface area (Å²) in [6.45, 7) is 4.24. The zero-order valence-electron chi connectivity index (χ0n) is 8.16. The van der Waals surface area contributed by atoms with Crippen LogP contribution in [-0.4, -0.2) is 55.6 Å². The van der Waals surface area contributed by atoms with Gasteiger partial charge in [-0.05, 0) is 7.05 Å². The number of oxime groups is 1. The van der Waals surface area contributed by atoms with E-state index in [0.717, 1.165) is 26.2 Å². The van der Waals surface area contributed by atoms with Gasteiger partial charge in [0.25, 0.3) is 0 Å². The summed E-state index contributed by atoms with van der Waals surface area (Å²) in [6.07, 6.45) is 0. The minimum Gasteiger partial charge on any atom is -0.399 e. The first kappa shape index (κ1) is 9.38. The molecule has 0 aromatic rings. The summed E-state index contributed by atoms with van der Waals surface area (Å²) in [7, 11) is 6.48. The molecule has 0 bridgehead atoms. The summed E-state index contributed by atoms with van der Waals surface area (Å²) >= 11 is 0. The Morgan fingerprint density at radius 1 is 1.46 bits per heavy atom. The first-order valence-electron chi connectivity index (χ1n) is 4.45. The lowest BCUT2D eigenvalue weighted by Crippen LogP contribution is -2.56. The highest BCUT2D eigenvalue weighted by Gasteiger charge is 2.50. The zero-order chi connectivity index (χ0) is 9.47. The van der Waals surface area contributed by atoms with Crippen LogP contribution in [0, 0.1) is 5.41 Å². The summed E-state index contributed by atoms with van der Waals surface area (Å²) in [5, 5.41) is 4.12. The smallest absolute Gasteiger partial charge is 0.106 e. The Bertz CT molecular complexity index is 238. The van der Waals surface area contributed by atoms with Crippen molar-refractivity contribution in [2.75, 3.05) is 40.3 Å². The molecular weight excluding hydrogens is 185 g/mol. The van der Waals surface area contributed by atoms with Gasteiger partial charge in [-0.3, -0.25) is 9.57 Å². The van der Waals surface area contributed by atoms with E-state index >= 15 is 0 Å². The Kier molecular flexibility index (Phi) is 2.30. The average molecular weight is 201 g/mol. The van der Waals surface area contributed by atoms with Crippen LogP contribution in [0.4, 0.5) is 0 Å². The molecule has 2 aliphatic rings. The Hall–Kier alpha value is -0.180. The van der Waals surface area contributed by atoms with Gasteiger partial charge in [0.2, 0.25) is 0 Å². The van der Waals surface area contributed by atoms with Crippen LogP contribution in [0.5, 0.6) is 0 Å². The van der Waals surface area contributed by atoms with Crippen molar-refractivity contribution in [1.82, 2.24) is 9.57 Å². The second kappa shape index (κ2) is 3.19. The van der Waals surface area contributed by atoms with Gasteiger partial charge in [0.15, 0.2) is 0 Å². The van der Waals surface area contributed by atoms with Crippen molar-refractivity contribution < 1.29 is 4.84 Å². The van der Waals surface area contributed by atoms with Crippen LogP contribution < -0.4 is 0 Å². The van der Waals surface area contributed by atoms with Crippen LogP contribution in [0.15, 0.2) is 5.16 Å². The molecule has 74 valence electrons. The van der Waals surface area contributed by atoms with E-state index in [1.807, 2.05) is 0 Å². The molecule has 2 saturated heterocycles. The second-order valence-electron chi connectivity index (χ2n) is 4.08. The standard InChI is InChI=1S/C8H16N3OP/c1-10-3-7(9-12-2)8(4-10)5-11(13)6-8/h3-6,13H2,1-2H3/b9-7+. The van der Waals surface area contributed by atoms with E-state index < -0.39 is 0 Å². The predicted molar refractivity (Wildman–Crippen MR) is 55.7 cm³/mol. The lowest BCUT2D eigenvalue weighted by Gasteiger charge is -2.45. The van der Waals surface area contributed by atoms with E-state index in [1.54, 1.807) is 7.11 Å². The highest BCUT2D eigenvalue weighted by atomic mass is 31.0. The number of hydrogen-bond acceptors (Lipinski definition) is 4. The van der Waals surface area contributed by atoms with E-state index in [4.69, 9.17) is 4.84 Å². The molecule has 1 atom stereocenters. The van der Waals surface area contributed by atoms with Gasteiger partial charge in [0.1, 0.15) is 7.11 Å². The third-order valence-electron chi connectivity index (χ3n) is 2.82. The van der Waals surface area contributed by atoms with E-state index in [2.05, 4.69) is 31.2 Å². The molecule has 0 saturated carbocycles. The maximum absolute atomic E-state index is 4.88. The molecule has 0 N–H and O–H groups in total. The van der Waals surface area contributed by atoms with Gasteiger partial charge >= 0.3 is 0 Å². The fourth-order valence-corrected chi connectivity index (χ4v) is 3.04. The molecule has 0 aromatic heterocycles. The molecule has 0 radical (unpaired) electrons. The molecule has 1 spiro atoms. The molecule has 2 rings (SSSR count). The van der Waals surface area contributed by atoms with Gasteiger partial charge in [0, 0.05) is 26.2 Å². The maximum Gasteiger partial charge on any atom is 0.106 e. The molecule has 2 fully saturated rings. The highest BCUT2D eigenvalue weighted by Crippen LogP contribution is 2.38. The van der Waals surface area contributed by atoms with Crippen LogP contribution in [-0.2, 0) is 4.84 Å². The van der Waals surface area contributed by atoms with Crippen molar-refractivity contribution in [1.29, 1.82) is 0 Å². The van der Waals surface area contributed by atoms with Crippen molar-refractivity contribution in [2.45, 2.75) is 0 Å². The Balaban J connectivity index is 2.13. The molecule has 5 heteroatoms. The van der Waals surface area contributed by atoms with Crippen LogP contribution in [0.25, 0.3) is 0 Å². The molecular formula is C8H16N3OP. The van der Waals surface area contributed by atoms with Crippen LogP contribution in [0.3, 0.4) is 0 Å².